The van der Waals surface area contributed by atoms with Crippen LogP contribution in [0.15, 0.2) is 102 Å². The number of likely N-dealkylation sites (tertiary alicyclic amines) is 1. The Morgan fingerprint density at radius 1 is 0.762 bits per heavy atom. The molecule has 0 spiro atoms. The van der Waals surface area contributed by atoms with Crippen molar-refractivity contribution in [3.8, 4) is 28.5 Å². The lowest BCUT2D eigenvalue weighted by Crippen LogP contribution is -2.35. The van der Waals surface area contributed by atoms with Crippen LogP contribution < -0.4 is 5.32 Å². The van der Waals surface area contributed by atoms with Gasteiger partial charge < -0.3 is 5.32 Å². The van der Waals surface area contributed by atoms with E-state index in [-0.39, 0.29) is 0 Å². The lowest BCUT2D eigenvalue weighted by molar-refractivity contribution is 0.201. The van der Waals surface area contributed by atoms with Gasteiger partial charge in [0.05, 0.1) is 17.1 Å². The van der Waals surface area contributed by atoms with Gasteiger partial charge in [-0.2, -0.15) is 10.2 Å². The van der Waals surface area contributed by atoms with Crippen molar-refractivity contribution in [1.29, 1.82) is 0 Å². The first-order chi connectivity index (χ1) is 20.8. The van der Waals surface area contributed by atoms with Crippen LogP contribution in [0.1, 0.15) is 30.4 Å². The maximum Gasteiger partial charge on any atom is 0.171 e. The summed E-state index contributed by atoms with van der Waals surface area (Å²) >= 11 is 0. The van der Waals surface area contributed by atoms with Gasteiger partial charge in [-0.3, -0.25) is 14.5 Å². The van der Waals surface area contributed by atoms with Crippen LogP contribution in [0.4, 0.5) is 11.5 Å². The van der Waals surface area contributed by atoms with Crippen molar-refractivity contribution in [2.45, 2.75) is 25.8 Å². The SMILES string of the molecule is c1ccc2c(c1)Nc1ncccc1-n1c(-c3ccc(CN4CCC(C5=NN=C(c6ccncc6)C5)CC4)cc3)nnc1-2. The molecule has 42 heavy (non-hydrogen) atoms. The molecule has 3 aliphatic rings. The van der Waals surface area contributed by atoms with Crippen molar-refractivity contribution in [1.82, 2.24) is 29.6 Å². The van der Waals surface area contributed by atoms with Crippen molar-refractivity contribution in [3.05, 3.63) is 103 Å². The van der Waals surface area contributed by atoms with Gasteiger partial charge in [0.2, 0.25) is 0 Å². The Bertz CT molecular complexity index is 1810. The summed E-state index contributed by atoms with van der Waals surface area (Å²) in [4.78, 5) is 11.3. The van der Waals surface area contributed by atoms with E-state index in [1.54, 1.807) is 6.20 Å². The minimum Gasteiger partial charge on any atom is -0.338 e. The molecule has 0 aliphatic carbocycles. The zero-order valence-electron chi connectivity index (χ0n) is 23.1. The summed E-state index contributed by atoms with van der Waals surface area (Å²) < 4.78 is 2.11. The highest BCUT2D eigenvalue weighted by atomic mass is 15.3. The van der Waals surface area contributed by atoms with Gasteiger partial charge in [0.25, 0.3) is 0 Å². The Balaban J connectivity index is 0.959. The smallest absolute Gasteiger partial charge is 0.171 e. The van der Waals surface area contributed by atoms with Crippen LogP contribution >= 0.6 is 0 Å². The quantitative estimate of drug-likeness (QED) is 0.286. The molecule has 5 aromatic rings. The van der Waals surface area contributed by atoms with Crippen molar-refractivity contribution < 1.29 is 0 Å². The number of fused-ring (bicyclic) bond motifs is 5. The molecule has 9 heteroatoms. The van der Waals surface area contributed by atoms with E-state index in [0.29, 0.717) is 5.92 Å². The summed E-state index contributed by atoms with van der Waals surface area (Å²) in [6, 6.07) is 24.9. The molecule has 1 N–H and O–H groups in total. The van der Waals surface area contributed by atoms with Crippen molar-refractivity contribution in [3.63, 3.8) is 0 Å². The second-order valence-corrected chi connectivity index (χ2v) is 11.0. The first-order valence-corrected chi connectivity index (χ1v) is 14.4. The monoisotopic (exact) mass is 551 g/mol. The Morgan fingerprint density at radius 3 is 2.43 bits per heavy atom. The first-order valence-electron chi connectivity index (χ1n) is 14.4. The lowest BCUT2D eigenvalue weighted by Gasteiger charge is -2.32. The third-order valence-electron chi connectivity index (χ3n) is 8.45. The van der Waals surface area contributed by atoms with Gasteiger partial charge in [0.1, 0.15) is 0 Å². The van der Waals surface area contributed by atoms with Crippen LogP contribution in [0, 0.1) is 5.92 Å². The zero-order chi connectivity index (χ0) is 27.9. The molecule has 0 radical (unpaired) electrons. The minimum absolute atomic E-state index is 0.506. The predicted octanol–water partition coefficient (Wildman–Crippen LogP) is 5.91. The molecule has 6 heterocycles. The van der Waals surface area contributed by atoms with E-state index < -0.39 is 0 Å². The highest BCUT2D eigenvalue weighted by Gasteiger charge is 2.28. The van der Waals surface area contributed by atoms with E-state index in [4.69, 9.17) is 0 Å². The molecule has 2 aromatic carbocycles. The normalized spacial score (nSPS) is 16.5. The van der Waals surface area contributed by atoms with Crippen LogP contribution in [-0.4, -0.2) is 54.1 Å². The van der Waals surface area contributed by atoms with Gasteiger partial charge in [0, 0.05) is 59.9 Å². The Hall–Kier alpha value is -5.02. The van der Waals surface area contributed by atoms with Gasteiger partial charge >= 0.3 is 0 Å². The van der Waals surface area contributed by atoms with Crippen LogP contribution in [-0.2, 0) is 6.54 Å². The molecule has 0 saturated carbocycles. The second kappa shape index (κ2) is 10.4. The van der Waals surface area contributed by atoms with Crippen LogP contribution in [0.5, 0.6) is 0 Å². The van der Waals surface area contributed by atoms with Crippen molar-refractivity contribution >= 4 is 22.9 Å². The molecule has 0 amide bonds. The van der Waals surface area contributed by atoms with E-state index in [9.17, 15) is 0 Å². The maximum absolute atomic E-state index is 4.65. The van der Waals surface area contributed by atoms with Crippen molar-refractivity contribution in [2.24, 2.45) is 16.1 Å². The first kappa shape index (κ1) is 24.8. The average Bonchev–Trinajstić information content (AvgIpc) is 3.69. The topological polar surface area (TPSA) is 96.5 Å². The van der Waals surface area contributed by atoms with E-state index in [1.165, 1.54) is 11.3 Å². The molecular weight excluding hydrogens is 522 g/mol. The highest BCUT2D eigenvalue weighted by molar-refractivity contribution is 6.15. The zero-order valence-corrected chi connectivity index (χ0v) is 23.1. The summed E-state index contributed by atoms with van der Waals surface area (Å²) in [5.41, 5.74) is 8.62. The molecule has 0 bridgehead atoms. The fourth-order valence-electron chi connectivity index (χ4n) is 6.20. The fraction of sp³-hybridized carbons (Fsp3) is 0.212. The van der Waals surface area contributed by atoms with E-state index >= 15 is 0 Å². The standard InChI is InChI=1S/C33H29N9/c1-2-5-27-26(4-1)33-40-39-32(42(33)30-6-3-15-35-31(30)36-27)25-9-7-22(8-10-25)21-41-18-13-24(14-19-41)29-20-28(37-38-29)23-11-16-34-17-12-23/h1-12,15-17,24H,13-14,18-21H2,(H,35,36). The number of nitrogens with zero attached hydrogens (tertiary/aromatic N) is 8. The highest BCUT2D eigenvalue weighted by Crippen LogP contribution is 2.39. The molecule has 3 aliphatic heterocycles. The number of nitrogens with one attached hydrogen (secondary N) is 1. The summed E-state index contributed by atoms with van der Waals surface area (Å²) in [5.74, 6) is 2.90. The van der Waals surface area contributed by atoms with E-state index in [2.05, 4.69) is 81.6 Å². The Labute approximate surface area is 243 Å². The predicted molar refractivity (Wildman–Crippen MR) is 164 cm³/mol. The molecule has 3 aromatic heterocycles. The molecular formula is C33H29N9. The number of rotatable bonds is 5. The molecule has 206 valence electrons. The van der Waals surface area contributed by atoms with Crippen LogP contribution in [0.25, 0.3) is 28.5 Å². The number of aromatic nitrogens is 5. The summed E-state index contributed by atoms with van der Waals surface area (Å²) in [6.07, 6.45) is 8.51. The van der Waals surface area contributed by atoms with Crippen LogP contribution in [0.3, 0.4) is 0 Å². The molecule has 1 fully saturated rings. The van der Waals surface area contributed by atoms with E-state index in [0.717, 1.165) is 90.1 Å². The van der Waals surface area contributed by atoms with Crippen molar-refractivity contribution in [2.75, 3.05) is 18.4 Å². The van der Waals surface area contributed by atoms with Gasteiger partial charge in [-0.1, -0.05) is 36.4 Å². The number of hydrogen-bond acceptors (Lipinski definition) is 8. The number of anilines is 2. The fourth-order valence-corrected chi connectivity index (χ4v) is 6.20. The maximum atomic E-state index is 4.65. The van der Waals surface area contributed by atoms with Crippen LogP contribution in [0.2, 0.25) is 0 Å². The van der Waals surface area contributed by atoms with Gasteiger partial charge in [-0.15, -0.1) is 10.2 Å². The molecule has 0 atom stereocenters. The largest absolute Gasteiger partial charge is 0.338 e. The third-order valence-corrected chi connectivity index (χ3v) is 8.45. The number of benzene rings is 2. The molecule has 0 unspecified atom stereocenters. The summed E-state index contributed by atoms with van der Waals surface area (Å²) in [7, 11) is 0. The van der Waals surface area contributed by atoms with E-state index in [1.807, 2.05) is 48.8 Å². The lowest BCUT2D eigenvalue weighted by atomic mass is 9.88. The molecule has 9 nitrogen and oxygen atoms in total. The number of piperidine rings is 1. The summed E-state index contributed by atoms with van der Waals surface area (Å²) in [6.45, 7) is 3.05. The number of hydrogen-bond donors (Lipinski definition) is 1. The Morgan fingerprint density at radius 2 is 1.57 bits per heavy atom. The van der Waals surface area contributed by atoms with Gasteiger partial charge in [0.15, 0.2) is 17.5 Å². The Kier molecular flexibility index (Phi) is 6.14. The molecule has 8 rings (SSSR count). The number of para-hydroxylation sites is 1. The average molecular weight is 552 g/mol. The number of pyridine rings is 2. The minimum atomic E-state index is 0.506. The second-order valence-electron chi connectivity index (χ2n) is 11.0. The summed E-state index contributed by atoms with van der Waals surface area (Å²) in [5, 5.41) is 21.8. The third kappa shape index (κ3) is 4.48. The van der Waals surface area contributed by atoms with Gasteiger partial charge in [-0.25, -0.2) is 4.98 Å². The van der Waals surface area contributed by atoms with Gasteiger partial charge in [-0.05, 0) is 67.9 Å². The molecule has 1 saturated heterocycles.